The summed E-state index contributed by atoms with van der Waals surface area (Å²) in [4.78, 5) is 0.392. The summed E-state index contributed by atoms with van der Waals surface area (Å²) in [5.41, 5.74) is 0.965. The molecule has 0 aromatic heterocycles. The summed E-state index contributed by atoms with van der Waals surface area (Å²) >= 11 is 0. The Hall–Kier alpha value is -0.910. The topological polar surface area (TPSA) is 49.4 Å². The van der Waals surface area contributed by atoms with Gasteiger partial charge >= 0.3 is 0 Å². The minimum atomic E-state index is -3.36. The average Bonchev–Trinajstić information content (AvgIpc) is 2.27. The van der Waals surface area contributed by atoms with Crippen LogP contribution in [-0.4, -0.2) is 37.9 Å². The molecule has 0 saturated carbocycles. The highest BCUT2D eigenvalue weighted by molar-refractivity contribution is 7.89. The number of rotatable bonds is 2. The van der Waals surface area contributed by atoms with Crippen LogP contribution in [0.15, 0.2) is 29.2 Å². The number of nitrogens with one attached hydrogen (secondary N) is 1. The van der Waals surface area contributed by atoms with Crippen LogP contribution < -0.4 is 5.32 Å². The molecule has 2 atom stereocenters. The third kappa shape index (κ3) is 2.74. The Bertz CT molecular complexity index is 518. The fraction of sp³-hybridized carbons (Fsp3) is 0.538. The molecule has 2 rings (SSSR count). The molecule has 1 heterocycles. The molecule has 1 fully saturated rings. The SMILES string of the molecule is Cc1cccc(S(=O)(=O)N2C[C@@H](C)N[C@@H](C)C2)c1. The standard InChI is InChI=1S/C13H20N2O2S/c1-10-5-4-6-13(7-10)18(16,17)15-8-11(2)14-12(3)9-15/h4-7,11-12,14H,8-9H2,1-3H3/t11-,12+. The molecular formula is C13H20N2O2S. The normalized spacial score (nSPS) is 26.2. The number of hydrogen-bond acceptors (Lipinski definition) is 3. The van der Waals surface area contributed by atoms with E-state index >= 15 is 0 Å². The van der Waals surface area contributed by atoms with E-state index < -0.39 is 10.0 Å². The smallest absolute Gasteiger partial charge is 0.243 e. The first-order valence-electron chi connectivity index (χ1n) is 6.22. The summed E-state index contributed by atoms with van der Waals surface area (Å²) in [6.45, 7) is 6.98. The van der Waals surface area contributed by atoms with E-state index in [-0.39, 0.29) is 12.1 Å². The molecule has 1 aliphatic rings. The van der Waals surface area contributed by atoms with E-state index in [0.717, 1.165) is 5.56 Å². The van der Waals surface area contributed by atoms with Crippen LogP contribution in [0.4, 0.5) is 0 Å². The van der Waals surface area contributed by atoms with Gasteiger partial charge in [-0.2, -0.15) is 4.31 Å². The van der Waals surface area contributed by atoms with Gasteiger partial charge in [-0.25, -0.2) is 8.42 Å². The first-order chi connectivity index (χ1) is 8.39. The summed E-state index contributed by atoms with van der Waals surface area (Å²) in [7, 11) is -3.36. The van der Waals surface area contributed by atoms with E-state index in [1.54, 1.807) is 22.5 Å². The first-order valence-corrected chi connectivity index (χ1v) is 7.66. The maximum absolute atomic E-state index is 12.5. The summed E-state index contributed by atoms with van der Waals surface area (Å²) in [5.74, 6) is 0. The fourth-order valence-electron chi connectivity index (χ4n) is 2.40. The van der Waals surface area contributed by atoms with Crippen LogP contribution in [0, 0.1) is 6.92 Å². The van der Waals surface area contributed by atoms with Crippen molar-refractivity contribution in [2.24, 2.45) is 0 Å². The van der Waals surface area contributed by atoms with E-state index in [1.807, 2.05) is 26.8 Å². The number of benzene rings is 1. The van der Waals surface area contributed by atoms with Gasteiger partial charge in [0.05, 0.1) is 4.90 Å². The second-order valence-electron chi connectivity index (χ2n) is 5.11. The van der Waals surface area contributed by atoms with Crippen LogP contribution in [0.25, 0.3) is 0 Å². The second kappa shape index (κ2) is 4.99. The van der Waals surface area contributed by atoms with Crippen LogP contribution in [0.5, 0.6) is 0 Å². The molecule has 1 aromatic rings. The van der Waals surface area contributed by atoms with Gasteiger partial charge in [-0.05, 0) is 38.5 Å². The van der Waals surface area contributed by atoms with Gasteiger partial charge in [-0.1, -0.05) is 12.1 Å². The Morgan fingerprint density at radius 2 is 1.83 bits per heavy atom. The van der Waals surface area contributed by atoms with Gasteiger partial charge in [0.2, 0.25) is 10.0 Å². The quantitative estimate of drug-likeness (QED) is 0.881. The zero-order valence-electron chi connectivity index (χ0n) is 11.1. The molecule has 1 aromatic carbocycles. The summed E-state index contributed by atoms with van der Waals surface area (Å²) < 4.78 is 26.6. The third-order valence-electron chi connectivity index (χ3n) is 3.15. The molecule has 4 nitrogen and oxygen atoms in total. The lowest BCUT2D eigenvalue weighted by Crippen LogP contribution is -2.55. The molecule has 100 valence electrons. The van der Waals surface area contributed by atoms with Crippen molar-refractivity contribution in [3.8, 4) is 0 Å². The molecule has 5 heteroatoms. The van der Waals surface area contributed by atoms with Crippen LogP contribution in [-0.2, 0) is 10.0 Å². The zero-order valence-corrected chi connectivity index (χ0v) is 11.9. The van der Waals surface area contributed by atoms with Crippen LogP contribution in [0.2, 0.25) is 0 Å². The molecule has 0 amide bonds. The fourth-order valence-corrected chi connectivity index (χ4v) is 4.12. The molecule has 1 N–H and O–H groups in total. The van der Waals surface area contributed by atoms with E-state index in [2.05, 4.69) is 5.32 Å². The maximum atomic E-state index is 12.5. The molecule has 0 aliphatic carbocycles. The van der Waals surface area contributed by atoms with Gasteiger partial charge in [0.1, 0.15) is 0 Å². The monoisotopic (exact) mass is 268 g/mol. The van der Waals surface area contributed by atoms with Gasteiger partial charge in [0.25, 0.3) is 0 Å². The van der Waals surface area contributed by atoms with E-state index in [0.29, 0.717) is 18.0 Å². The number of aryl methyl sites for hydroxylation is 1. The lowest BCUT2D eigenvalue weighted by molar-refractivity contribution is 0.263. The van der Waals surface area contributed by atoms with Crippen molar-refractivity contribution in [1.29, 1.82) is 0 Å². The number of nitrogens with zero attached hydrogens (tertiary/aromatic N) is 1. The van der Waals surface area contributed by atoms with E-state index in [9.17, 15) is 8.42 Å². The van der Waals surface area contributed by atoms with Crippen molar-refractivity contribution >= 4 is 10.0 Å². The Morgan fingerprint density at radius 1 is 1.22 bits per heavy atom. The van der Waals surface area contributed by atoms with Crippen molar-refractivity contribution in [2.75, 3.05) is 13.1 Å². The first kappa shape index (κ1) is 13.5. The highest BCUT2D eigenvalue weighted by atomic mass is 32.2. The number of piperazine rings is 1. The summed E-state index contributed by atoms with van der Waals surface area (Å²) in [6, 6.07) is 7.47. The molecule has 0 bridgehead atoms. The summed E-state index contributed by atoms with van der Waals surface area (Å²) in [6.07, 6.45) is 0. The Morgan fingerprint density at radius 3 is 2.39 bits per heavy atom. The predicted molar refractivity (Wildman–Crippen MR) is 72.0 cm³/mol. The van der Waals surface area contributed by atoms with Gasteiger partial charge in [0, 0.05) is 25.2 Å². The molecular weight excluding hydrogens is 248 g/mol. The highest BCUT2D eigenvalue weighted by Crippen LogP contribution is 2.19. The zero-order chi connectivity index (χ0) is 13.3. The minimum absolute atomic E-state index is 0.188. The maximum Gasteiger partial charge on any atom is 0.243 e. The lowest BCUT2D eigenvalue weighted by Gasteiger charge is -2.35. The van der Waals surface area contributed by atoms with Crippen molar-refractivity contribution in [2.45, 2.75) is 37.8 Å². The third-order valence-corrected chi connectivity index (χ3v) is 4.98. The van der Waals surface area contributed by atoms with Crippen molar-refractivity contribution in [3.63, 3.8) is 0 Å². The Labute approximate surface area is 109 Å². The van der Waals surface area contributed by atoms with Gasteiger partial charge in [-0.15, -0.1) is 0 Å². The molecule has 1 saturated heterocycles. The molecule has 18 heavy (non-hydrogen) atoms. The van der Waals surface area contributed by atoms with Crippen molar-refractivity contribution < 1.29 is 8.42 Å². The molecule has 0 unspecified atom stereocenters. The van der Waals surface area contributed by atoms with Gasteiger partial charge in [0.15, 0.2) is 0 Å². The number of hydrogen-bond donors (Lipinski definition) is 1. The average molecular weight is 268 g/mol. The molecule has 0 spiro atoms. The highest BCUT2D eigenvalue weighted by Gasteiger charge is 2.31. The van der Waals surface area contributed by atoms with Gasteiger partial charge < -0.3 is 5.32 Å². The predicted octanol–water partition coefficient (Wildman–Crippen LogP) is 1.37. The van der Waals surface area contributed by atoms with Crippen LogP contribution in [0.3, 0.4) is 0 Å². The Balaban J connectivity index is 2.31. The minimum Gasteiger partial charge on any atom is -0.309 e. The second-order valence-corrected chi connectivity index (χ2v) is 7.05. The van der Waals surface area contributed by atoms with E-state index in [4.69, 9.17) is 0 Å². The Kier molecular flexibility index (Phi) is 3.75. The van der Waals surface area contributed by atoms with Gasteiger partial charge in [-0.3, -0.25) is 0 Å². The summed E-state index contributed by atoms with van der Waals surface area (Å²) in [5, 5.41) is 3.34. The lowest BCUT2D eigenvalue weighted by atomic mass is 10.2. The number of sulfonamides is 1. The van der Waals surface area contributed by atoms with Crippen LogP contribution >= 0.6 is 0 Å². The van der Waals surface area contributed by atoms with E-state index in [1.165, 1.54) is 0 Å². The largest absolute Gasteiger partial charge is 0.309 e. The van der Waals surface area contributed by atoms with Crippen molar-refractivity contribution in [1.82, 2.24) is 9.62 Å². The molecule has 0 radical (unpaired) electrons. The van der Waals surface area contributed by atoms with Crippen molar-refractivity contribution in [3.05, 3.63) is 29.8 Å². The van der Waals surface area contributed by atoms with Crippen LogP contribution in [0.1, 0.15) is 19.4 Å². The molecule has 1 aliphatic heterocycles.